The van der Waals surface area contributed by atoms with Crippen LogP contribution in [0.2, 0.25) is 0 Å². The number of rotatable bonds is 6. The molecule has 162 valence electrons. The van der Waals surface area contributed by atoms with Gasteiger partial charge in [0.2, 0.25) is 5.43 Å². The minimum atomic E-state index is -1.29. The molecule has 2 aliphatic rings. The molecule has 0 bridgehead atoms. The van der Waals surface area contributed by atoms with Crippen molar-refractivity contribution in [3.63, 3.8) is 0 Å². The second kappa shape index (κ2) is 9.01. The van der Waals surface area contributed by atoms with Gasteiger partial charge in [-0.2, -0.15) is 0 Å². The minimum Gasteiger partial charge on any atom is -0.477 e. The van der Waals surface area contributed by atoms with E-state index in [9.17, 15) is 19.1 Å². The Morgan fingerprint density at radius 2 is 2.00 bits per heavy atom. The maximum Gasteiger partial charge on any atom is 0.341 e. The zero-order chi connectivity index (χ0) is 20.5. The molecule has 0 atom stereocenters. The third-order valence-electron chi connectivity index (χ3n) is 5.50. The van der Waals surface area contributed by atoms with Gasteiger partial charge in [-0.1, -0.05) is 5.16 Å². The van der Waals surface area contributed by atoms with Crippen molar-refractivity contribution in [3.8, 4) is 0 Å². The van der Waals surface area contributed by atoms with Gasteiger partial charge in [0.15, 0.2) is 0 Å². The van der Waals surface area contributed by atoms with E-state index in [1.165, 1.54) is 19.4 Å². The maximum atomic E-state index is 14.9. The van der Waals surface area contributed by atoms with Crippen LogP contribution in [0, 0.1) is 5.82 Å². The van der Waals surface area contributed by atoms with Crippen LogP contribution in [0.15, 0.2) is 28.3 Å². The van der Waals surface area contributed by atoms with E-state index in [-0.39, 0.29) is 29.4 Å². The van der Waals surface area contributed by atoms with Gasteiger partial charge in [-0.3, -0.25) is 9.69 Å². The van der Waals surface area contributed by atoms with E-state index in [4.69, 9.17) is 0 Å². The van der Waals surface area contributed by atoms with Crippen LogP contribution in [-0.4, -0.2) is 66.6 Å². The molecule has 1 saturated heterocycles. The Kier molecular flexibility index (Phi) is 6.62. The highest BCUT2D eigenvalue weighted by Gasteiger charge is 2.28. The number of aromatic carboxylic acids is 1. The fourth-order valence-electron chi connectivity index (χ4n) is 3.80. The van der Waals surface area contributed by atoms with Crippen LogP contribution in [0.5, 0.6) is 0 Å². The van der Waals surface area contributed by atoms with Gasteiger partial charge in [-0.05, 0) is 25.0 Å². The number of fused-ring (bicyclic) bond motifs is 1. The average molecular weight is 439 g/mol. The summed E-state index contributed by atoms with van der Waals surface area (Å²) in [7, 11) is 1.50. The molecule has 0 radical (unpaired) electrons. The monoisotopic (exact) mass is 438 g/mol. The number of anilines is 1. The molecule has 0 unspecified atom stereocenters. The Morgan fingerprint density at radius 1 is 1.30 bits per heavy atom. The fourth-order valence-corrected chi connectivity index (χ4v) is 3.80. The average Bonchev–Trinajstić information content (AvgIpc) is 3.54. The molecule has 1 N–H and O–H groups in total. The van der Waals surface area contributed by atoms with Crippen molar-refractivity contribution in [2.45, 2.75) is 18.9 Å². The number of carboxylic acid groups (broad SMARTS) is 1. The van der Waals surface area contributed by atoms with Crippen molar-refractivity contribution < 1.29 is 19.1 Å². The van der Waals surface area contributed by atoms with Gasteiger partial charge < -0.3 is 19.4 Å². The molecular formula is C20H24ClFN4O4. The molecule has 1 aliphatic carbocycles. The Hall–Kier alpha value is -2.65. The lowest BCUT2D eigenvalue weighted by Gasteiger charge is -2.35. The summed E-state index contributed by atoms with van der Waals surface area (Å²) >= 11 is 0. The fraction of sp³-hybridized carbons (Fsp3) is 0.450. The van der Waals surface area contributed by atoms with E-state index in [0.29, 0.717) is 30.8 Å². The molecule has 0 spiro atoms. The summed E-state index contributed by atoms with van der Waals surface area (Å²) in [5, 5.41) is 13.2. The van der Waals surface area contributed by atoms with E-state index in [1.807, 2.05) is 9.47 Å². The zero-order valence-electron chi connectivity index (χ0n) is 16.6. The number of benzene rings is 1. The number of carbonyl (C=O) groups is 1. The lowest BCUT2D eigenvalue weighted by molar-refractivity contribution is 0.0695. The molecule has 1 aliphatic heterocycles. The number of hydrogen-bond acceptors (Lipinski definition) is 6. The Morgan fingerprint density at radius 3 is 2.60 bits per heavy atom. The summed E-state index contributed by atoms with van der Waals surface area (Å²) in [6.45, 7) is 3.45. The van der Waals surface area contributed by atoms with Crippen molar-refractivity contribution in [2.24, 2.45) is 5.16 Å². The predicted molar refractivity (Wildman–Crippen MR) is 115 cm³/mol. The number of halogens is 2. The summed E-state index contributed by atoms with van der Waals surface area (Å²) in [6, 6.07) is 3.04. The van der Waals surface area contributed by atoms with Gasteiger partial charge in [-0.15, -0.1) is 12.4 Å². The molecule has 1 aromatic heterocycles. The molecule has 2 fully saturated rings. The number of nitrogens with zero attached hydrogens (tertiary/aromatic N) is 4. The molecule has 10 heteroatoms. The lowest BCUT2D eigenvalue weighted by atomic mass is 10.1. The third kappa shape index (κ3) is 4.27. The summed E-state index contributed by atoms with van der Waals surface area (Å²) in [5.74, 6) is -1.79. The summed E-state index contributed by atoms with van der Waals surface area (Å²) < 4.78 is 16.7. The van der Waals surface area contributed by atoms with Crippen molar-refractivity contribution in [2.75, 3.05) is 44.7 Å². The number of carboxylic acids is 1. The second-order valence-corrected chi connectivity index (χ2v) is 7.39. The molecule has 1 saturated carbocycles. The molecule has 30 heavy (non-hydrogen) atoms. The van der Waals surface area contributed by atoms with E-state index in [1.54, 1.807) is 12.3 Å². The van der Waals surface area contributed by atoms with E-state index >= 15 is 0 Å². The molecule has 2 heterocycles. The Labute approximate surface area is 178 Å². The van der Waals surface area contributed by atoms with Crippen LogP contribution >= 0.6 is 12.4 Å². The van der Waals surface area contributed by atoms with Crippen LogP contribution in [0.25, 0.3) is 10.9 Å². The van der Waals surface area contributed by atoms with Crippen molar-refractivity contribution in [3.05, 3.63) is 39.9 Å². The normalized spacial score (nSPS) is 17.3. The first kappa shape index (κ1) is 22.0. The molecule has 1 aromatic carbocycles. The number of pyridine rings is 1. The first-order valence-corrected chi connectivity index (χ1v) is 9.63. The van der Waals surface area contributed by atoms with E-state index < -0.39 is 17.2 Å². The standard InChI is InChI=1S/C20H23FN4O4.ClH/c1-29-22-4-5-23-6-8-24(9-7-23)18-11-17-14(10-16(18)21)19(26)15(20(27)28)12-25(17)13-2-3-13;/h4,10-13H,2-3,5-9H2,1H3,(H,27,28);1H. The van der Waals surface area contributed by atoms with Crippen LogP contribution in [-0.2, 0) is 4.84 Å². The molecule has 8 nitrogen and oxygen atoms in total. The predicted octanol–water partition coefficient (Wildman–Crippen LogP) is 2.35. The summed E-state index contributed by atoms with van der Waals surface area (Å²) in [4.78, 5) is 32.8. The number of hydrogen-bond donors (Lipinski definition) is 1. The van der Waals surface area contributed by atoms with Gasteiger partial charge in [0, 0.05) is 50.3 Å². The third-order valence-corrected chi connectivity index (χ3v) is 5.50. The minimum absolute atomic E-state index is 0. The SMILES string of the molecule is CON=CCN1CCN(c2cc3c(cc2F)c(=O)c(C(=O)O)cn3C2CC2)CC1.Cl. The largest absolute Gasteiger partial charge is 0.477 e. The van der Waals surface area contributed by atoms with Crippen LogP contribution < -0.4 is 10.3 Å². The van der Waals surface area contributed by atoms with Crippen LogP contribution in [0.3, 0.4) is 0 Å². The Balaban J connectivity index is 0.00000256. The van der Waals surface area contributed by atoms with Crippen molar-refractivity contribution in [1.29, 1.82) is 0 Å². The van der Waals surface area contributed by atoms with E-state index in [0.717, 1.165) is 25.9 Å². The lowest BCUT2D eigenvalue weighted by Crippen LogP contribution is -2.47. The second-order valence-electron chi connectivity index (χ2n) is 7.39. The van der Waals surface area contributed by atoms with Gasteiger partial charge >= 0.3 is 5.97 Å². The zero-order valence-corrected chi connectivity index (χ0v) is 17.4. The van der Waals surface area contributed by atoms with Gasteiger partial charge in [0.1, 0.15) is 18.5 Å². The van der Waals surface area contributed by atoms with Crippen LogP contribution in [0.1, 0.15) is 29.2 Å². The number of piperazine rings is 1. The number of oxime groups is 1. The van der Waals surface area contributed by atoms with E-state index in [2.05, 4.69) is 14.9 Å². The quantitative estimate of drug-likeness (QED) is 0.550. The summed E-state index contributed by atoms with van der Waals surface area (Å²) in [6.07, 6.45) is 4.94. The number of aromatic nitrogens is 1. The maximum absolute atomic E-state index is 14.9. The van der Waals surface area contributed by atoms with Gasteiger partial charge in [0.05, 0.1) is 17.4 Å². The van der Waals surface area contributed by atoms with Crippen molar-refractivity contribution >= 4 is 41.2 Å². The molecule has 0 amide bonds. The Bertz CT molecular complexity index is 1030. The molecular weight excluding hydrogens is 415 g/mol. The smallest absolute Gasteiger partial charge is 0.341 e. The first-order chi connectivity index (χ1) is 14.0. The molecule has 2 aromatic rings. The highest BCUT2D eigenvalue weighted by Crippen LogP contribution is 2.38. The van der Waals surface area contributed by atoms with Gasteiger partial charge in [0.25, 0.3) is 0 Å². The van der Waals surface area contributed by atoms with Crippen LogP contribution in [0.4, 0.5) is 10.1 Å². The summed E-state index contributed by atoms with van der Waals surface area (Å²) in [5.41, 5.74) is 0.0770. The molecule has 4 rings (SSSR count). The van der Waals surface area contributed by atoms with Crippen molar-refractivity contribution in [1.82, 2.24) is 9.47 Å². The van der Waals surface area contributed by atoms with Gasteiger partial charge in [-0.25, -0.2) is 9.18 Å². The highest BCUT2D eigenvalue weighted by atomic mass is 35.5. The first-order valence-electron chi connectivity index (χ1n) is 9.63. The topological polar surface area (TPSA) is 87.4 Å². The highest BCUT2D eigenvalue weighted by molar-refractivity contribution is 5.93.